The third-order valence-corrected chi connectivity index (χ3v) is 15.6. The summed E-state index contributed by atoms with van der Waals surface area (Å²) in [5, 5.41) is 29.6. The fraction of sp³-hybridized carbons (Fsp3) is 0.0921. The van der Waals surface area contributed by atoms with Gasteiger partial charge in [-0.1, -0.05) is 53.2 Å². The largest absolute Gasteiger partial charge is 0.410 e. The van der Waals surface area contributed by atoms with E-state index in [1.807, 2.05) is 87.2 Å². The van der Waals surface area contributed by atoms with Crippen LogP contribution in [0.2, 0.25) is 5.15 Å². The van der Waals surface area contributed by atoms with Crippen LogP contribution in [-0.2, 0) is 7.05 Å². The maximum absolute atomic E-state index is 11.9. The highest BCUT2D eigenvalue weighted by molar-refractivity contribution is 6.29. The number of oxime groups is 1. The monoisotopic (exact) mass is 1340 g/mol. The molecule has 100 heavy (non-hydrogen) atoms. The molecule has 0 spiro atoms. The van der Waals surface area contributed by atoms with Crippen LogP contribution in [0.15, 0.2) is 274 Å². The van der Waals surface area contributed by atoms with Crippen molar-refractivity contribution in [1.82, 2.24) is 64.4 Å². The number of fused-ring (bicyclic) bond motifs is 2. The summed E-state index contributed by atoms with van der Waals surface area (Å²) in [7, 11) is 9.34. The van der Waals surface area contributed by atoms with Crippen molar-refractivity contribution in [3.8, 4) is 11.1 Å². The van der Waals surface area contributed by atoms with Crippen LogP contribution in [0.3, 0.4) is 0 Å². The fourth-order valence-corrected chi connectivity index (χ4v) is 10.2. The zero-order valence-electron chi connectivity index (χ0n) is 55.0. The smallest absolute Gasteiger partial charge is 0.196 e. The van der Waals surface area contributed by atoms with Gasteiger partial charge in [-0.05, 0) is 155 Å². The van der Waals surface area contributed by atoms with Crippen LogP contribution in [0.25, 0.3) is 33.1 Å². The van der Waals surface area contributed by atoms with Crippen LogP contribution in [0, 0.1) is 0 Å². The molecule has 498 valence electrons. The molecule has 0 saturated carbocycles. The lowest BCUT2D eigenvalue weighted by Gasteiger charge is -2.21. The van der Waals surface area contributed by atoms with Gasteiger partial charge in [0, 0.05) is 197 Å². The molecule has 12 heterocycles. The van der Waals surface area contributed by atoms with Crippen molar-refractivity contribution in [3.05, 3.63) is 330 Å². The summed E-state index contributed by atoms with van der Waals surface area (Å²) in [5.74, 6) is 2.99. The Hall–Kier alpha value is -13.1. The zero-order valence-corrected chi connectivity index (χ0v) is 55.8. The summed E-state index contributed by atoms with van der Waals surface area (Å²) in [4.78, 5) is 74.2. The number of aryl methyl sites for hydroxylation is 1. The molecule has 23 nitrogen and oxygen atoms in total. The molecule has 0 fully saturated rings. The number of ketones is 2. The van der Waals surface area contributed by atoms with Gasteiger partial charge in [0.2, 0.25) is 0 Å². The summed E-state index contributed by atoms with van der Waals surface area (Å²) in [6, 6.07) is 49.2. The predicted octanol–water partition coefficient (Wildman–Crippen LogP) is 13.2. The molecule has 14 rings (SSSR count). The molecule has 0 bridgehead atoms. The second-order valence-electron chi connectivity index (χ2n) is 21.8. The van der Waals surface area contributed by atoms with E-state index >= 15 is 0 Å². The molecule has 0 saturated heterocycles. The highest BCUT2D eigenvalue weighted by atomic mass is 35.5. The Balaban J connectivity index is 0.000000144. The zero-order chi connectivity index (χ0) is 70.0. The molecular weight excluding hydrogens is 1280 g/mol. The summed E-state index contributed by atoms with van der Waals surface area (Å²) in [6.07, 6.45) is 30.7. The molecule has 2 atom stereocenters. The third kappa shape index (κ3) is 18.5. The standard InChI is InChI=1S/C29H25N7.C12H12N4O.C12H14N4.C12H11N3O.C11H7ClN2O/c1-30-27-8-7-22(18-34-27)28(21-4-3-10-31-17-21)35-23-15-24(29-25(16-23)32-11-12-33-29)20-6-5-19-9-13-36(2)26(19)14-20;1-13-11-5-4-10(8-15-11)12(16-17)9-3-2-6-14-7-9;1-14-11-5-4-10(8-16-11)12(13)9-3-2-6-15-7-9;1-13-11-5-4-10(8-15-11)12(16)9-3-2-6-14-7-9;12-10-4-3-9(7-14-10)11(15)8-2-1-5-13-6-8/h3-18,28,35H,1-2H3,(H,30,34);2-8,17H,1H3,(H,13,15);2-8,12H,13H2,1H3,(H,14,16);2-8H,1H3,(H,13,15);1-7H/b;16-12+;;;. The van der Waals surface area contributed by atoms with Gasteiger partial charge in [0.05, 0.1) is 23.1 Å². The Morgan fingerprint density at radius 1 is 0.460 bits per heavy atom. The van der Waals surface area contributed by atoms with E-state index in [-0.39, 0.29) is 23.7 Å². The molecule has 8 N–H and O–H groups in total. The second kappa shape index (κ2) is 35.0. The number of rotatable bonds is 17. The van der Waals surface area contributed by atoms with E-state index in [0.29, 0.717) is 33.1 Å². The highest BCUT2D eigenvalue weighted by Gasteiger charge is 2.19. The number of anilines is 5. The minimum Gasteiger partial charge on any atom is -0.410 e. The van der Waals surface area contributed by atoms with Crippen molar-refractivity contribution < 1.29 is 14.8 Å². The van der Waals surface area contributed by atoms with E-state index in [9.17, 15) is 9.59 Å². The number of nitrogens with two attached hydrogens (primary N) is 1. The van der Waals surface area contributed by atoms with Gasteiger partial charge in [-0.15, -0.1) is 0 Å². The lowest BCUT2D eigenvalue weighted by molar-refractivity contribution is 0.103. The van der Waals surface area contributed by atoms with Crippen LogP contribution in [-0.4, -0.2) is 115 Å². The van der Waals surface area contributed by atoms with Crippen molar-refractivity contribution in [2.24, 2.45) is 17.9 Å². The minimum atomic E-state index is -0.174. The van der Waals surface area contributed by atoms with E-state index in [4.69, 9.17) is 22.5 Å². The Labute approximate surface area is 582 Å². The molecule has 2 unspecified atom stereocenters. The molecule has 24 heteroatoms. The number of aromatic nitrogens is 13. The first-order valence-electron chi connectivity index (χ1n) is 31.2. The normalized spacial score (nSPS) is 11.2. The number of benzene rings is 2. The SMILES string of the molecule is CNc1ccc(/C(=N/O)c2cccnc2)cn1.CNc1ccc(C(=O)c2cccnc2)cn1.CNc1ccc(C(N)c2cccnc2)cn1.CNc1ccc(C(Nc2cc(-c3ccc4ccn(C)c4c3)c3nccnc3c2)c2cccnc2)cn1.O=C(c1cccnc1)c1ccc(Cl)nc1. The predicted molar refractivity (Wildman–Crippen MR) is 393 cm³/mol. The molecule has 2 aromatic carbocycles. The first-order chi connectivity index (χ1) is 48.9. The number of nitrogens with one attached hydrogen (secondary N) is 5. The first kappa shape index (κ1) is 69.7. The number of carbonyl (C=O) groups is 2. The summed E-state index contributed by atoms with van der Waals surface area (Å²) in [6.45, 7) is 0. The van der Waals surface area contributed by atoms with Crippen LogP contribution >= 0.6 is 11.6 Å². The highest BCUT2D eigenvalue weighted by Crippen LogP contribution is 2.35. The van der Waals surface area contributed by atoms with Gasteiger partial charge in [-0.25, -0.2) is 24.9 Å². The van der Waals surface area contributed by atoms with Crippen LogP contribution in [0.1, 0.15) is 77.3 Å². The molecule has 0 radical (unpaired) electrons. The molecule has 0 amide bonds. The van der Waals surface area contributed by atoms with Gasteiger partial charge >= 0.3 is 0 Å². The fourth-order valence-electron chi connectivity index (χ4n) is 10.1. The number of hydrogen-bond acceptors (Lipinski definition) is 22. The van der Waals surface area contributed by atoms with Gasteiger partial charge in [0.1, 0.15) is 34.1 Å². The van der Waals surface area contributed by atoms with Crippen molar-refractivity contribution >= 4 is 79.8 Å². The lowest BCUT2D eigenvalue weighted by Crippen LogP contribution is -2.13. The first-order valence-corrected chi connectivity index (χ1v) is 31.6. The summed E-state index contributed by atoms with van der Waals surface area (Å²) < 4.78 is 2.13. The topological polar surface area (TPSA) is 313 Å². The molecular formula is C76H69ClN20O3. The molecule has 0 aliphatic carbocycles. The van der Waals surface area contributed by atoms with E-state index in [1.165, 1.54) is 23.3 Å². The quantitative estimate of drug-likeness (QED) is 0.0146. The average Bonchev–Trinajstić information content (AvgIpc) is 1.18. The van der Waals surface area contributed by atoms with Gasteiger partial charge in [0.15, 0.2) is 11.6 Å². The van der Waals surface area contributed by atoms with Crippen LogP contribution in [0.5, 0.6) is 0 Å². The lowest BCUT2D eigenvalue weighted by atomic mass is 9.99. The summed E-state index contributed by atoms with van der Waals surface area (Å²) >= 11 is 5.63. The van der Waals surface area contributed by atoms with Crippen LogP contribution in [0.4, 0.5) is 29.0 Å². The van der Waals surface area contributed by atoms with Gasteiger partial charge in [-0.3, -0.25) is 44.5 Å². The van der Waals surface area contributed by atoms with Gasteiger partial charge in [0.25, 0.3) is 0 Å². The Bertz CT molecular complexity index is 4920. The van der Waals surface area contributed by atoms with Crippen molar-refractivity contribution in [2.45, 2.75) is 12.1 Å². The Morgan fingerprint density at radius 3 is 1.41 bits per heavy atom. The van der Waals surface area contributed by atoms with Crippen molar-refractivity contribution in [2.75, 3.05) is 54.8 Å². The maximum Gasteiger partial charge on any atom is 0.196 e. The van der Waals surface area contributed by atoms with Crippen LogP contribution < -0.4 is 32.3 Å². The number of carbonyl (C=O) groups excluding carboxylic acids is 2. The molecule has 0 aliphatic rings. The average molecular weight is 1350 g/mol. The van der Waals surface area contributed by atoms with Crippen molar-refractivity contribution in [1.29, 1.82) is 0 Å². The minimum absolute atomic E-state index is 0.0664. The number of pyridine rings is 10. The Kier molecular flexibility index (Phi) is 24.4. The summed E-state index contributed by atoms with van der Waals surface area (Å²) in [5.41, 5.74) is 20.2. The number of halogens is 1. The third-order valence-electron chi connectivity index (χ3n) is 15.4. The molecule has 12 aromatic heterocycles. The van der Waals surface area contributed by atoms with Crippen molar-refractivity contribution in [3.63, 3.8) is 0 Å². The second-order valence-corrected chi connectivity index (χ2v) is 22.2. The van der Waals surface area contributed by atoms with E-state index < -0.39 is 0 Å². The number of hydrogen-bond donors (Lipinski definition) is 7. The Morgan fingerprint density at radius 2 is 0.920 bits per heavy atom. The van der Waals surface area contributed by atoms with Gasteiger partial charge in [-0.2, -0.15) is 0 Å². The van der Waals surface area contributed by atoms with E-state index in [0.717, 1.165) is 84.5 Å². The van der Waals surface area contributed by atoms with E-state index in [1.54, 1.807) is 149 Å². The molecule has 14 aromatic rings. The van der Waals surface area contributed by atoms with E-state index in [2.05, 4.69) is 152 Å². The number of nitrogens with zero attached hydrogens (tertiary/aromatic N) is 14. The maximum atomic E-state index is 11.9. The molecule has 0 aliphatic heterocycles. The van der Waals surface area contributed by atoms with Gasteiger partial charge < -0.3 is 42.1 Å².